The SMILES string of the molecule is CCCC(=O)OCCOCC(O)CO. The average Bonchev–Trinajstić information content (AvgIpc) is 2.17. The lowest BCUT2D eigenvalue weighted by atomic mass is 10.3. The number of carbonyl (C=O) groups is 1. The van der Waals surface area contributed by atoms with E-state index in [0.717, 1.165) is 6.42 Å². The van der Waals surface area contributed by atoms with Crippen molar-refractivity contribution in [2.45, 2.75) is 25.9 Å². The molecule has 0 aliphatic heterocycles. The van der Waals surface area contributed by atoms with Crippen molar-refractivity contribution < 1.29 is 24.5 Å². The highest BCUT2D eigenvalue weighted by atomic mass is 16.6. The minimum Gasteiger partial charge on any atom is -0.463 e. The molecule has 0 radical (unpaired) electrons. The summed E-state index contributed by atoms with van der Waals surface area (Å²) in [6.07, 6.45) is 0.323. The Kier molecular flexibility index (Phi) is 8.51. The number of esters is 1. The Bertz CT molecular complexity index is 148. The highest BCUT2D eigenvalue weighted by Gasteiger charge is 2.02. The van der Waals surface area contributed by atoms with E-state index >= 15 is 0 Å². The van der Waals surface area contributed by atoms with Crippen LogP contribution in [0.25, 0.3) is 0 Å². The summed E-state index contributed by atoms with van der Waals surface area (Å²) in [4.78, 5) is 10.8. The lowest BCUT2D eigenvalue weighted by molar-refractivity contribution is -0.145. The van der Waals surface area contributed by atoms with Gasteiger partial charge in [-0.25, -0.2) is 0 Å². The van der Waals surface area contributed by atoms with Crippen molar-refractivity contribution in [1.29, 1.82) is 0 Å². The molecule has 2 N–H and O–H groups in total. The van der Waals surface area contributed by atoms with Crippen LogP contribution in [0.2, 0.25) is 0 Å². The maximum absolute atomic E-state index is 10.8. The molecular formula is C9H18O5. The minimum absolute atomic E-state index is 0.0574. The number of hydrogen-bond acceptors (Lipinski definition) is 5. The summed E-state index contributed by atoms with van der Waals surface area (Å²) in [5.41, 5.74) is 0. The summed E-state index contributed by atoms with van der Waals surface area (Å²) in [7, 11) is 0. The molecule has 0 aromatic carbocycles. The Labute approximate surface area is 83.6 Å². The van der Waals surface area contributed by atoms with E-state index in [4.69, 9.17) is 19.7 Å². The van der Waals surface area contributed by atoms with E-state index in [1.807, 2.05) is 6.92 Å². The van der Waals surface area contributed by atoms with Gasteiger partial charge in [-0.15, -0.1) is 0 Å². The summed E-state index contributed by atoms with van der Waals surface area (Å²) in [5.74, 6) is -0.237. The van der Waals surface area contributed by atoms with E-state index in [9.17, 15) is 4.79 Å². The Morgan fingerprint density at radius 3 is 2.71 bits per heavy atom. The van der Waals surface area contributed by atoms with Gasteiger partial charge in [0.1, 0.15) is 12.7 Å². The van der Waals surface area contributed by atoms with Crippen molar-refractivity contribution in [2.75, 3.05) is 26.4 Å². The molecule has 0 aliphatic rings. The number of aliphatic hydroxyl groups excluding tert-OH is 2. The highest BCUT2D eigenvalue weighted by molar-refractivity contribution is 5.69. The summed E-state index contributed by atoms with van der Waals surface area (Å²) < 4.78 is 9.72. The molecule has 0 rings (SSSR count). The summed E-state index contributed by atoms with van der Waals surface area (Å²) in [6.45, 7) is 2.07. The predicted octanol–water partition coefficient (Wildman–Crippen LogP) is -0.300. The molecule has 84 valence electrons. The number of hydrogen-bond donors (Lipinski definition) is 2. The lowest BCUT2D eigenvalue weighted by Gasteiger charge is -2.08. The summed E-state index contributed by atoms with van der Waals surface area (Å²) in [6, 6.07) is 0. The third kappa shape index (κ3) is 7.97. The second-order valence-corrected chi connectivity index (χ2v) is 2.88. The second-order valence-electron chi connectivity index (χ2n) is 2.88. The van der Waals surface area contributed by atoms with Crippen molar-refractivity contribution in [1.82, 2.24) is 0 Å². The van der Waals surface area contributed by atoms with Crippen LogP contribution in [-0.4, -0.2) is 48.7 Å². The zero-order valence-corrected chi connectivity index (χ0v) is 8.44. The monoisotopic (exact) mass is 206 g/mol. The van der Waals surface area contributed by atoms with E-state index in [1.54, 1.807) is 0 Å². The largest absolute Gasteiger partial charge is 0.463 e. The fourth-order valence-corrected chi connectivity index (χ4v) is 0.763. The van der Waals surface area contributed by atoms with Gasteiger partial charge in [0, 0.05) is 6.42 Å². The Morgan fingerprint density at radius 2 is 2.14 bits per heavy atom. The van der Waals surface area contributed by atoms with Gasteiger partial charge in [-0.3, -0.25) is 4.79 Å². The maximum Gasteiger partial charge on any atom is 0.305 e. The Balaban J connectivity index is 3.17. The molecule has 0 bridgehead atoms. The van der Waals surface area contributed by atoms with Crippen molar-refractivity contribution in [3.8, 4) is 0 Å². The smallest absolute Gasteiger partial charge is 0.305 e. The van der Waals surface area contributed by atoms with Gasteiger partial charge in [-0.2, -0.15) is 0 Å². The van der Waals surface area contributed by atoms with Crippen LogP contribution in [0.15, 0.2) is 0 Å². The fourth-order valence-electron chi connectivity index (χ4n) is 0.763. The molecule has 5 nitrogen and oxygen atoms in total. The summed E-state index contributed by atoms with van der Waals surface area (Å²) in [5, 5.41) is 17.3. The fraction of sp³-hybridized carbons (Fsp3) is 0.889. The molecule has 0 aromatic rings. The van der Waals surface area contributed by atoms with Crippen molar-refractivity contribution in [2.24, 2.45) is 0 Å². The Hall–Kier alpha value is -0.650. The number of aliphatic hydroxyl groups is 2. The molecule has 0 saturated carbocycles. The molecule has 14 heavy (non-hydrogen) atoms. The molecule has 0 spiro atoms. The van der Waals surface area contributed by atoms with Crippen LogP contribution in [0.4, 0.5) is 0 Å². The van der Waals surface area contributed by atoms with Crippen LogP contribution in [0.3, 0.4) is 0 Å². The van der Waals surface area contributed by atoms with Gasteiger partial charge in [0.05, 0.1) is 19.8 Å². The van der Waals surface area contributed by atoms with E-state index in [0.29, 0.717) is 6.42 Å². The quantitative estimate of drug-likeness (QED) is 0.421. The molecule has 0 amide bonds. The second kappa shape index (κ2) is 8.93. The molecule has 1 atom stereocenters. The predicted molar refractivity (Wildman–Crippen MR) is 49.8 cm³/mol. The normalized spacial score (nSPS) is 12.5. The van der Waals surface area contributed by atoms with Crippen LogP contribution in [0.1, 0.15) is 19.8 Å². The first-order valence-corrected chi connectivity index (χ1v) is 4.73. The van der Waals surface area contributed by atoms with E-state index in [-0.39, 0.29) is 32.4 Å². The first-order chi connectivity index (χ1) is 6.70. The van der Waals surface area contributed by atoms with Crippen LogP contribution >= 0.6 is 0 Å². The molecule has 5 heteroatoms. The van der Waals surface area contributed by atoms with Gasteiger partial charge in [-0.05, 0) is 6.42 Å². The summed E-state index contributed by atoms with van der Waals surface area (Å²) >= 11 is 0. The molecule has 0 saturated heterocycles. The lowest BCUT2D eigenvalue weighted by Crippen LogP contribution is -2.21. The van der Waals surface area contributed by atoms with Crippen LogP contribution in [0, 0.1) is 0 Å². The molecule has 0 fully saturated rings. The Morgan fingerprint density at radius 1 is 1.43 bits per heavy atom. The van der Waals surface area contributed by atoms with E-state index in [2.05, 4.69) is 0 Å². The zero-order valence-electron chi connectivity index (χ0n) is 8.44. The third-order valence-electron chi connectivity index (χ3n) is 1.47. The zero-order chi connectivity index (χ0) is 10.8. The molecule has 0 aromatic heterocycles. The van der Waals surface area contributed by atoms with Gasteiger partial charge >= 0.3 is 5.97 Å². The van der Waals surface area contributed by atoms with Crippen LogP contribution in [-0.2, 0) is 14.3 Å². The van der Waals surface area contributed by atoms with Gasteiger partial charge < -0.3 is 19.7 Å². The minimum atomic E-state index is -0.860. The van der Waals surface area contributed by atoms with Gasteiger partial charge in [0.15, 0.2) is 0 Å². The number of rotatable bonds is 8. The van der Waals surface area contributed by atoms with Crippen molar-refractivity contribution in [3.63, 3.8) is 0 Å². The number of carbonyl (C=O) groups excluding carboxylic acids is 1. The standard InChI is InChI=1S/C9H18O5/c1-2-3-9(12)14-5-4-13-7-8(11)6-10/h8,10-11H,2-7H2,1H3. The van der Waals surface area contributed by atoms with E-state index < -0.39 is 6.10 Å². The average molecular weight is 206 g/mol. The molecule has 0 aliphatic carbocycles. The van der Waals surface area contributed by atoms with E-state index in [1.165, 1.54) is 0 Å². The van der Waals surface area contributed by atoms with Gasteiger partial charge in [0.25, 0.3) is 0 Å². The first kappa shape index (κ1) is 13.4. The van der Waals surface area contributed by atoms with Crippen molar-refractivity contribution in [3.05, 3.63) is 0 Å². The van der Waals surface area contributed by atoms with Crippen LogP contribution in [0.5, 0.6) is 0 Å². The number of ether oxygens (including phenoxy) is 2. The first-order valence-electron chi connectivity index (χ1n) is 4.73. The topological polar surface area (TPSA) is 76.0 Å². The van der Waals surface area contributed by atoms with Crippen LogP contribution < -0.4 is 0 Å². The molecule has 0 heterocycles. The third-order valence-corrected chi connectivity index (χ3v) is 1.47. The van der Waals surface area contributed by atoms with Gasteiger partial charge in [0.2, 0.25) is 0 Å². The highest BCUT2D eigenvalue weighted by Crippen LogP contribution is 1.91. The van der Waals surface area contributed by atoms with Crippen molar-refractivity contribution >= 4 is 5.97 Å². The molecule has 1 unspecified atom stereocenters. The maximum atomic E-state index is 10.8. The molecular weight excluding hydrogens is 188 g/mol. The van der Waals surface area contributed by atoms with Gasteiger partial charge in [-0.1, -0.05) is 6.92 Å².